The summed E-state index contributed by atoms with van der Waals surface area (Å²) < 4.78 is 0. The Balaban J connectivity index is 1.99. The van der Waals surface area contributed by atoms with Crippen LogP contribution in [0.25, 0.3) is 0 Å². The van der Waals surface area contributed by atoms with Gasteiger partial charge in [-0.25, -0.2) is 4.98 Å². The van der Waals surface area contributed by atoms with Crippen LogP contribution in [-0.4, -0.2) is 22.3 Å². The van der Waals surface area contributed by atoms with E-state index in [1.165, 1.54) is 5.56 Å². The van der Waals surface area contributed by atoms with Gasteiger partial charge in [-0.1, -0.05) is 54.6 Å². The van der Waals surface area contributed by atoms with Crippen LogP contribution in [0.15, 0.2) is 67.0 Å². The molecule has 0 bridgehead atoms. The number of imidazole rings is 1. The van der Waals surface area contributed by atoms with Crippen molar-refractivity contribution in [3.8, 4) is 0 Å². The molecule has 0 unspecified atom stereocenters. The molecule has 2 heterocycles. The van der Waals surface area contributed by atoms with Crippen LogP contribution in [-0.2, 0) is 12.0 Å². The second-order valence-corrected chi connectivity index (χ2v) is 5.72. The number of hydrogen-bond donors (Lipinski definition) is 2. The molecule has 4 rings (SSSR count). The summed E-state index contributed by atoms with van der Waals surface area (Å²) in [6.07, 6.45) is 4.21. The standard InChI is InChI=1S/C19H17N3O/c23-17(18-20-12-13-21-18)19(15-7-2-1-3-8-15)16-9-5-4-6-14(16)10-11-22-19/h1-9,12-13,22H,10-11H2,(H,20,21)/t19-/m0/s1. The predicted molar refractivity (Wildman–Crippen MR) is 88.3 cm³/mol. The van der Waals surface area contributed by atoms with Crippen molar-refractivity contribution < 1.29 is 4.79 Å². The van der Waals surface area contributed by atoms with Gasteiger partial charge < -0.3 is 4.98 Å². The lowest BCUT2D eigenvalue weighted by Gasteiger charge is -2.38. The molecule has 3 aromatic rings. The number of hydrogen-bond acceptors (Lipinski definition) is 3. The summed E-state index contributed by atoms with van der Waals surface area (Å²) >= 11 is 0. The van der Waals surface area contributed by atoms with Crippen molar-refractivity contribution in [2.24, 2.45) is 0 Å². The van der Waals surface area contributed by atoms with Crippen LogP contribution >= 0.6 is 0 Å². The molecule has 1 atom stereocenters. The van der Waals surface area contributed by atoms with E-state index in [-0.39, 0.29) is 5.78 Å². The van der Waals surface area contributed by atoms with E-state index in [9.17, 15) is 4.79 Å². The van der Waals surface area contributed by atoms with Crippen LogP contribution in [0.5, 0.6) is 0 Å². The lowest BCUT2D eigenvalue weighted by molar-refractivity contribution is 0.0868. The Bertz CT molecular complexity index is 827. The summed E-state index contributed by atoms with van der Waals surface area (Å²) in [5, 5.41) is 3.48. The van der Waals surface area contributed by atoms with Crippen LogP contribution in [0, 0.1) is 0 Å². The number of fused-ring (bicyclic) bond motifs is 1. The highest BCUT2D eigenvalue weighted by Gasteiger charge is 2.46. The minimum absolute atomic E-state index is 0.0548. The topological polar surface area (TPSA) is 57.8 Å². The predicted octanol–water partition coefficient (Wildman–Crippen LogP) is 2.68. The van der Waals surface area contributed by atoms with E-state index in [1.54, 1.807) is 12.4 Å². The molecule has 1 aliphatic heterocycles. The number of rotatable bonds is 3. The maximum absolute atomic E-state index is 13.4. The maximum Gasteiger partial charge on any atom is 0.227 e. The molecule has 0 radical (unpaired) electrons. The minimum Gasteiger partial charge on any atom is -0.342 e. The molecule has 0 amide bonds. The van der Waals surface area contributed by atoms with Gasteiger partial charge in [0, 0.05) is 18.9 Å². The molecule has 0 aliphatic carbocycles. The van der Waals surface area contributed by atoms with E-state index in [0.717, 1.165) is 24.1 Å². The Morgan fingerprint density at radius 1 is 1.04 bits per heavy atom. The molecule has 1 aliphatic rings. The van der Waals surface area contributed by atoms with Gasteiger partial charge in [-0.05, 0) is 23.1 Å². The zero-order valence-electron chi connectivity index (χ0n) is 12.6. The molecule has 0 saturated heterocycles. The summed E-state index contributed by atoms with van der Waals surface area (Å²) in [7, 11) is 0. The number of benzene rings is 2. The number of H-pyrrole nitrogens is 1. The lowest BCUT2D eigenvalue weighted by atomic mass is 9.74. The number of nitrogens with zero attached hydrogens (tertiary/aromatic N) is 1. The first-order valence-corrected chi connectivity index (χ1v) is 7.75. The van der Waals surface area contributed by atoms with Crippen molar-refractivity contribution in [1.82, 2.24) is 15.3 Å². The average molecular weight is 303 g/mol. The molecular weight excluding hydrogens is 286 g/mol. The van der Waals surface area contributed by atoms with Crippen LogP contribution in [0.3, 0.4) is 0 Å². The van der Waals surface area contributed by atoms with Crippen molar-refractivity contribution >= 4 is 5.78 Å². The van der Waals surface area contributed by atoms with Gasteiger partial charge in [0.15, 0.2) is 5.82 Å². The number of aromatic amines is 1. The van der Waals surface area contributed by atoms with E-state index in [0.29, 0.717) is 5.82 Å². The molecule has 2 aromatic carbocycles. The zero-order chi connectivity index (χ0) is 15.7. The summed E-state index contributed by atoms with van der Waals surface area (Å²) in [6, 6.07) is 18.0. The van der Waals surface area contributed by atoms with Gasteiger partial charge in [0.1, 0.15) is 5.54 Å². The first kappa shape index (κ1) is 13.9. The number of nitrogens with one attached hydrogen (secondary N) is 2. The number of ketones is 1. The normalized spacial score (nSPS) is 20.0. The highest BCUT2D eigenvalue weighted by Crippen LogP contribution is 2.37. The minimum atomic E-state index is -0.895. The fraction of sp³-hybridized carbons (Fsp3) is 0.158. The van der Waals surface area contributed by atoms with Crippen molar-refractivity contribution in [2.75, 3.05) is 6.54 Å². The van der Waals surface area contributed by atoms with E-state index >= 15 is 0 Å². The van der Waals surface area contributed by atoms with Gasteiger partial charge >= 0.3 is 0 Å². The number of aromatic nitrogens is 2. The second-order valence-electron chi connectivity index (χ2n) is 5.72. The molecular formula is C19H17N3O. The highest BCUT2D eigenvalue weighted by atomic mass is 16.1. The van der Waals surface area contributed by atoms with Crippen molar-refractivity contribution in [1.29, 1.82) is 0 Å². The van der Waals surface area contributed by atoms with E-state index < -0.39 is 5.54 Å². The van der Waals surface area contributed by atoms with Gasteiger partial charge in [-0.2, -0.15) is 0 Å². The van der Waals surface area contributed by atoms with E-state index in [1.807, 2.05) is 48.5 Å². The lowest BCUT2D eigenvalue weighted by Crippen LogP contribution is -2.54. The second kappa shape index (κ2) is 5.48. The fourth-order valence-corrected chi connectivity index (χ4v) is 3.43. The first-order chi connectivity index (χ1) is 11.3. The third-order valence-corrected chi connectivity index (χ3v) is 4.47. The fourth-order valence-electron chi connectivity index (χ4n) is 3.43. The van der Waals surface area contributed by atoms with Crippen molar-refractivity contribution in [3.05, 3.63) is 89.5 Å². The number of Topliss-reactive ketones (excluding diaryl/α,β-unsaturated/α-hetero) is 1. The molecule has 4 nitrogen and oxygen atoms in total. The summed E-state index contributed by atoms with van der Waals surface area (Å²) in [6.45, 7) is 0.748. The van der Waals surface area contributed by atoms with Crippen molar-refractivity contribution in [2.45, 2.75) is 12.0 Å². The Labute approximate surface area is 134 Å². The highest BCUT2D eigenvalue weighted by molar-refractivity contribution is 6.04. The molecule has 2 N–H and O–H groups in total. The first-order valence-electron chi connectivity index (χ1n) is 7.75. The SMILES string of the molecule is O=C(c1ncc[nH]1)[C@@]1(c2ccccc2)NCCc2ccccc21. The van der Waals surface area contributed by atoms with Gasteiger partial charge in [-0.3, -0.25) is 10.1 Å². The number of carbonyl (C=O) groups is 1. The van der Waals surface area contributed by atoms with Gasteiger partial charge in [0.05, 0.1) is 0 Å². The van der Waals surface area contributed by atoms with Crippen LogP contribution in [0.1, 0.15) is 27.3 Å². The summed E-state index contributed by atoms with van der Waals surface area (Å²) in [5.41, 5.74) is 2.26. The molecule has 0 fully saturated rings. The summed E-state index contributed by atoms with van der Waals surface area (Å²) in [5.74, 6) is 0.318. The zero-order valence-corrected chi connectivity index (χ0v) is 12.6. The molecule has 0 spiro atoms. The number of carbonyl (C=O) groups excluding carboxylic acids is 1. The summed E-state index contributed by atoms with van der Waals surface area (Å²) in [4.78, 5) is 20.5. The van der Waals surface area contributed by atoms with Crippen LogP contribution in [0.4, 0.5) is 0 Å². The molecule has 0 saturated carbocycles. The third kappa shape index (κ3) is 2.11. The third-order valence-electron chi connectivity index (χ3n) is 4.47. The van der Waals surface area contributed by atoms with Crippen LogP contribution in [0.2, 0.25) is 0 Å². The Morgan fingerprint density at radius 2 is 1.83 bits per heavy atom. The smallest absolute Gasteiger partial charge is 0.227 e. The Morgan fingerprint density at radius 3 is 2.61 bits per heavy atom. The monoisotopic (exact) mass is 303 g/mol. The van der Waals surface area contributed by atoms with Gasteiger partial charge in [0.25, 0.3) is 0 Å². The molecule has 23 heavy (non-hydrogen) atoms. The van der Waals surface area contributed by atoms with E-state index in [4.69, 9.17) is 0 Å². The average Bonchev–Trinajstić information content (AvgIpc) is 3.16. The van der Waals surface area contributed by atoms with Gasteiger partial charge in [0.2, 0.25) is 5.78 Å². The van der Waals surface area contributed by atoms with Crippen LogP contribution < -0.4 is 5.32 Å². The molecule has 1 aromatic heterocycles. The quantitative estimate of drug-likeness (QED) is 0.731. The van der Waals surface area contributed by atoms with E-state index in [2.05, 4.69) is 21.4 Å². The molecule has 4 heteroatoms. The van der Waals surface area contributed by atoms with Crippen molar-refractivity contribution in [3.63, 3.8) is 0 Å². The van der Waals surface area contributed by atoms with Gasteiger partial charge in [-0.15, -0.1) is 0 Å². The maximum atomic E-state index is 13.4. The Hall–Kier alpha value is -2.72. The molecule has 114 valence electrons. The Kier molecular flexibility index (Phi) is 3.32. The largest absolute Gasteiger partial charge is 0.342 e.